The van der Waals surface area contributed by atoms with E-state index in [2.05, 4.69) is 5.10 Å². The van der Waals surface area contributed by atoms with Gasteiger partial charge in [-0.1, -0.05) is 11.6 Å². The van der Waals surface area contributed by atoms with Gasteiger partial charge in [0.2, 0.25) is 0 Å². The van der Waals surface area contributed by atoms with Crippen LogP contribution in [0.5, 0.6) is 0 Å². The molecule has 1 aromatic carbocycles. The number of halogens is 1. The minimum Gasteiger partial charge on any atom is -0.384 e. The second-order valence-electron chi connectivity index (χ2n) is 4.28. The van der Waals surface area contributed by atoms with E-state index in [0.29, 0.717) is 10.6 Å². The first-order chi connectivity index (χ1) is 8.41. The molecule has 3 N–H and O–H groups in total. The molecule has 1 heterocycles. The molecule has 0 aliphatic heterocycles. The Morgan fingerprint density at radius 1 is 1.33 bits per heavy atom. The maximum atomic E-state index is 7.62. The Balaban J connectivity index is 2.73. The summed E-state index contributed by atoms with van der Waals surface area (Å²) in [5, 5.41) is 12.7. The van der Waals surface area contributed by atoms with E-state index >= 15 is 0 Å². The number of nitrogens with zero attached hydrogens (tertiary/aromatic N) is 2. The summed E-state index contributed by atoms with van der Waals surface area (Å²) in [5.74, 6) is 0.00636. The molecule has 1 aromatic heterocycles. The highest BCUT2D eigenvalue weighted by molar-refractivity contribution is 6.31. The molecule has 2 aromatic rings. The quantitative estimate of drug-likeness (QED) is 0.645. The first kappa shape index (κ1) is 12.6. The molecule has 0 bridgehead atoms. The molecule has 0 saturated heterocycles. The standard InChI is InChI=1S/C13H15ClN4/c1-7-8(2)17-18(9(7)3)12-6-10(14)4-5-11(12)13(15)16/h4-6H,1-3H3,(H3,15,16). The molecule has 4 nitrogen and oxygen atoms in total. The highest BCUT2D eigenvalue weighted by atomic mass is 35.5. The largest absolute Gasteiger partial charge is 0.384 e. The van der Waals surface area contributed by atoms with Crippen molar-refractivity contribution >= 4 is 17.4 Å². The molecular weight excluding hydrogens is 248 g/mol. The normalized spacial score (nSPS) is 10.7. The molecule has 0 unspecified atom stereocenters. The Labute approximate surface area is 111 Å². The Kier molecular flexibility index (Phi) is 3.13. The van der Waals surface area contributed by atoms with E-state index < -0.39 is 0 Å². The van der Waals surface area contributed by atoms with Crippen LogP contribution in [0.1, 0.15) is 22.5 Å². The number of aromatic nitrogens is 2. The fourth-order valence-corrected chi connectivity index (χ4v) is 2.03. The Hall–Kier alpha value is -1.81. The minimum absolute atomic E-state index is 0.00636. The summed E-state index contributed by atoms with van der Waals surface area (Å²) in [6.07, 6.45) is 0. The number of nitrogen functional groups attached to an aromatic ring is 1. The first-order valence-corrected chi connectivity index (χ1v) is 5.96. The van der Waals surface area contributed by atoms with Gasteiger partial charge in [0.1, 0.15) is 5.84 Å². The Morgan fingerprint density at radius 3 is 2.50 bits per heavy atom. The fourth-order valence-electron chi connectivity index (χ4n) is 1.86. The summed E-state index contributed by atoms with van der Waals surface area (Å²) in [5.41, 5.74) is 10.1. The van der Waals surface area contributed by atoms with Crippen LogP contribution in [0.2, 0.25) is 5.02 Å². The first-order valence-electron chi connectivity index (χ1n) is 5.59. The fraction of sp³-hybridized carbons (Fsp3) is 0.231. The van der Waals surface area contributed by atoms with Gasteiger partial charge in [-0.25, -0.2) is 4.68 Å². The Bertz CT molecular complexity index is 628. The number of aryl methyl sites for hydroxylation is 1. The van der Waals surface area contributed by atoms with Gasteiger partial charge in [-0.15, -0.1) is 0 Å². The molecular formula is C13H15ClN4. The number of nitrogens with two attached hydrogens (primary N) is 1. The van der Waals surface area contributed by atoms with Gasteiger partial charge in [0.05, 0.1) is 11.4 Å². The summed E-state index contributed by atoms with van der Waals surface area (Å²) in [4.78, 5) is 0. The van der Waals surface area contributed by atoms with Crippen LogP contribution in [0.25, 0.3) is 5.69 Å². The van der Waals surface area contributed by atoms with Crippen LogP contribution in [-0.4, -0.2) is 15.6 Å². The highest BCUT2D eigenvalue weighted by Crippen LogP contribution is 2.23. The summed E-state index contributed by atoms with van der Waals surface area (Å²) in [7, 11) is 0. The van der Waals surface area contributed by atoms with Crippen molar-refractivity contribution in [3.05, 3.63) is 45.7 Å². The van der Waals surface area contributed by atoms with Gasteiger partial charge in [0.15, 0.2) is 0 Å². The number of benzene rings is 1. The summed E-state index contributed by atoms with van der Waals surface area (Å²) in [6.45, 7) is 5.96. The molecule has 0 aliphatic carbocycles. The smallest absolute Gasteiger partial charge is 0.124 e. The number of hydrogen-bond acceptors (Lipinski definition) is 2. The average Bonchev–Trinajstić information content (AvgIpc) is 2.56. The summed E-state index contributed by atoms with van der Waals surface area (Å²) >= 11 is 6.02. The van der Waals surface area contributed by atoms with Crippen molar-refractivity contribution in [3.8, 4) is 5.69 Å². The van der Waals surface area contributed by atoms with Gasteiger partial charge in [-0.3, -0.25) is 5.41 Å². The zero-order valence-electron chi connectivity index (χ0n) is 10.6. The van der Waals surface area contributed by atoms with E-state index in [1.807, 2.05) is 20.8 Å². The number of nitrogens with one attached hydrogen (secondary N) is 1. The summed E-state index contributed by atoms with van der Waals surface area (Å²) < 4.78 is 1.78. The molecule has 5 heteroatoms. The van der Waals surface area contributed by atoms with Gasteiger partial charge >= 0.3 is 0 Å². The van der Waals surface area contributed by atoms with Gasteiger partial charge < -0.3 is 5.73 Å². The maximum Gasteiger partial charge on any atom is 0.124 e. The van der Waals surface area contributed by atoms with Gasteiger partial charge in [0, 0.05) is 16.3 Å². The van der Waals surface area contributed by atoms with Gasteiger partial charge in [0.25, 0.3) is 0 Å². The van der Waals surface area contributed by atoms with Crippen molar-refractivity contribution < 1.29 is 0 Å². The molecule has 18 heavy (non-hydrogen) atoms. The predicted molar refractivity (Wildman–Crippen MR) is 73.8 cm³/mol. The third kappa shape index (κ3) is 1.99. The third-order valence-corrected chi connectivity index (χ3v) is 3.37. The van der Waals surface area contributed by atoms with E-state index in [9.17, 15) is 0 Å². The lowest BCUT2D eigenvalue weighted by atomic mass is 10.1. The molecule has 2 rings (SSSR count). The molecule has 0 fully saturated rings. The van der Waals surface area contributed by atoms with E-state index in [0.717, 1.165) is 22.6 Å². The lowest BCUT2D eigenvalue weighted by Crippen LogP contribution is -2.15. The zero-order valence-corrected chi connectivity index (χ0v) is 11.3. The van der Waals surface area contributed by atoms with Crippen LogP contribution in [0.4, 0.5) is 0 Å². The molecule has 0 spiro atoms. The van der Waals surface area contributed by atoms with Crippen LogP contribution in [0.15, 0.2) is 18.2 Å². The average molecular weight is 263 g/mol. The number of hydrogen-bond donors (Lipinski definition) is 2. The Morgan fingerprint density at radius 2 is 2.00 bits per heavy atom. The molecule has 0 saturated carbocycles. The molecule has 0 radical (unpaired) electrons. The predicted octanol–water partition coefficient (Wildman–Crippen LogP) is 2.74. The number of amidine groups is 1. The second kappa shape index (κ2) is 4.46. The van der Waals surface area contributed by atoms with Crippen LogP contribution in [0, 0.1) is 26.2 Å². The van der Waals surface area contributed by atoms with Crippen LogP contribution < -0.4 is 5.73 Å². The van der Waals surface area contributed by atoms with E-state index in [-0.39, 0.29) is 5.84 Å². The van der Waals surface area contributed by atoms with Crippen molar-refractivity contribution in [2.75, 3.05) is 0 Å². The third-order valence-electron chi connectivity index (χ3n) is 3.13. The number of rotatable bonds is 2. The van der Waals surface area contributed by atoms with Gasteiger partial charge in [-0.05, 0) is 44.5 Å². The van der Waals surface area contributed by atoms with Crippen molar-refractivity contribution in [3.63, 3.8) is 0 Å². The van der Waals surface area contributed by atoms with Crippen molar-refractivity contribution in [1.29, 1.82) is 5.41 Å². The second-order valence-corrected chi connectivity index (χ2v) is 4.72. The van der Waals surface area contributed by atoms with Crippen molar-refractivity contribution in [2.24, 2.45) is 5.73 Å². The van der Waals surface area contributed by atoms with E-state index in [4.69, 9.17) is 22.7 Å². The van der Waals surface area contributed by atoms with Crippen LogP contribution in [0.3, 0.4) is 0 Å². The highest BCUT2D eigenvalue weighted by Gasteiger charge is 2.14. The van der Waals surface area contributed by atoms with Crippen molar-refractivity contribution in [2.45, 2.75) is 20.8 Å². The topological polar surface area (TPSA) is 67.7 Å². The SMILES string of the molecule is Cc1nn(-c2cc(Cl)ccc2C(=N)N)c(C)c1C. The molecule has 94 valence electrons. The minimum atomic E-state index is 0.00636. The maximum absolute atomic E-state index is 7.62. The van der Waals surface area contributed by atoms with Gasteiger partial charge in [-0.2, -0.15) is 5.10 Å². The van der Waals surface area contributed by atoms with Crippen molar-refractivity contribution in [1.82, 2.24) is 9.78 Å². The van der Waals surface area contributed by atoms with E-state index in [1.54, 1.807) is 22.9 Å². The summed E-state index contributed by atoms with van der Waals surface area (Å²) in [6, 6.07) is 5.24. The lowest BCUT2D eigenvalue weighted by molar-refractivity contribution is 0.831. The zero-order chi connectivity index (χ0) is 13.4. The van der Waals surface area contributed by atoms with Crippen LogP contribution in [-0.2, 0) is 0 Å². The molecule has 0 atom stereocenters. The lowest BCUT2D eigenvalue weighted by Gasteiger charge is -2.10. The molecule has 0 aliphatic rings. The van der Waals surface area contributed by atoms with Crippen LogP contribution >= 0.6 is 11.6 Å². The monoisotopic (exact) mass is 262 g/mol. The molecule has 0 amide bonds. The van der Waals surface area contributed by atoms with E-state index in [1.165, 1.54) is 0 Å².